The summed E-state index contributed by atoms with van der Waals surface area (Å²) in [6, 6.07) is 15.3. The van der Waals surface area contributed by atoms with Crippen LogP contribution in [-0.4, -0.2) is 30.1 Å². The molecule has 7 heteroatoms. The highest BCUT2D eigenvalue weighted by molar-refractivity contribution is 7.22. The minimum Gasteiger partial charge on any atom is -0.493 e. The molecule has 0 aliphatic rings. The fraction of sp³-hybridized carbons (Fsp3) is 0.240. The third-order valence-corrected chi connectivity index (χ3v) is 6.28. The first-order valence-electron chi connectivity index (χ1n) is 10.3. The molecule has 6 nitrogen and oxygen atoms in total. The Morgan fingerprint density at radius 3 is 2.56 bits per heavy atom. The standard InChI is InChI=1S/C25H25N3O3S/c1-16(2)18-9-6-12-21-22(18)27-25(32-21)28(15-17-8-7-13-26-14-17)24(29)19-10-5-11-20(30-3)23(19)31-4/h5-14,16H,15H2,1-4H3. The van der Waals surface area contributed by atoms with E-state index in [0.29, 0.717) is 34.7 Å². The smallest absolute Gasteiger partial charge is 0.264 e. The van der Waals surface area contributed by atoms with E-state index in [9.17, 15) is 4.79 Å². The quantitative estimate of drug-likeness (QED) is 0.365. The van der Waals surface area contributed by atoms with Crippen LogP contribution in [0.15, 0.2) is 60.9 Å². The van der Waals surface area contributed by atoms with Crippen LogP contribution in [0.2, 0.25) is 0 Å². The number of rotatable bonds is 7. The molecule has 0 saturated carbocycles. The number of hydrogen-bond donors (Lipinski definition) is 0. The van der Waals surface area contributed by atoms with Gasteiger partial charge in [0.25, 0.3) is 5.91 Å². The van der Waals surface area contributed by atoms with Crippen molar-refractivity contribution in [2.75, 3.05) is 19.1 Å². The van der Waals surface area contributed by atoms with Gasteiger partial charge >= 0.3 is 0 Å². The molecule has 0 bridgehead atoms. The lowest BCUT2D eigenvalue weighted by atomic mass is 10.0. The molecule has 164 valence electrons. The minimum atomic E-state index is -0.213. The van der Waals surface area contributed by atoms with Gasteiger partial charge in [0.1, 0.15) is 0 Å². The number of para-hydroxylation sites is 2. The first-order valence-corrected chi connectivity index (χ1v) is 11.2. The van der Waals surface area contributed by atoms with Crippen molar-refractivity contribution in [1.82, 2.24) is 9.97 Å². The van der Waals surface area contributed by atoms with Gasteiger partial charge < -0.3 is 9.47 Å². The number of carbonyl (C=O) groups is 1. The SMILES string of the molecule is COc1cccc(C(=O)N(Cc2cccnc2)c2nc3c(C(C)C)cccc3s2)c1OC. The first kappa shape index (κ1) is 21.8. The molecular formula is C25H25N3O3S. The summed E-state index contributed by atoms with van der Waals surface area (Å²) < 4.78 is 12.0. The molecule has 0 aliphatic heterocycles. The Bertz CT molecular complexity index is 1240. The predicted octanol–water partition coefficient (Wildman–Crippen LogP) is 5.68. The molecule has 4 rings (SSSR count). The van der Waals surface area contributed by atoms with Crippen LogP contribution in [0.5, 0.6) is 11.5 Å². The van der Waals surface area contributed by atoms with Crippen molar-refractivity contribution in [3.63, 3.8) is 0 Å². The minimum absolute atomic E-state index is 0.213. The Labute approximate surface area is 191 Å². The summed E-state index contributed by atoms with van der Waals surface area (Å²) >= 11 is 1.50. The van der Waals surface area contributed by atoms with Crippen LogP contribution >= 0.6 is 11.3 Å². The first-order chi connectivity index (χ1) is 15.5. The molecule has 32 heavy (non-hydrogen) atoms. The number of anilines is 1. The van der Waals surface area contributed by atoms with Gasteiger partial charge in [0.05, 0.1) is 36.5 Å². The number of ether oxygens (including phenoxy) is 2. The molecule has 2 heterocycles. The summed E-state index contributed by atoms with van der Waals surface area (Å²) in [6.45, 7) is 4.63. The van der Waals surface area contributed by atoms with Crippen LogP contribution < -0.4 is 14.4 Å². The molecule has 4 aromatic rings. The average Bonchev–Trinajstić information content (AvgIpc) is 3.26. The number of methoxy groups -OCH3 is 2. The third-order valence-electron chi connectivity index (χ3n) is 5.23. The second-order valence-corrected chi connectivity index (χ2v) is 8.65. The molecule has 0 radical (unpaired) electrons. The van der Waals surface area contributed by atoms with Crippen molar-refractivity contribution in [2.24, 2.45) is 0 Å². The lowest BCUT2D eigenvalue weighted by Crippen LogP contribution is -2.30. The van der Waals surface area contributed by atoms with Crippen molar-refractivity contribution in [2.45, 2.75) is 26.3 Å². The van der Waals surface area contributed by atoms with E-state index in [-0.39, 0.29) is 5.91 Å². The largest absolute Gasteiger partial charge is 0.493 e. The van der Waals surface area contributed by atoms with Crippen LogP contribution in [0, 0.1) is 0 Å². The number of fused-ring (bicyclic) bond motifs is 1. The average molecular weight is 448 g/mol. The van der Waals surface area contributed by atoms with Gasteiger partial charge in [-0.25, -0.2) is 4.98 Å². The Morgan fingerprint density at radius 2 is 1.88 bits per heavy atom. The fourth-order valence-electron chi connectivity index (χ4n) is 3.64. The zero-order valence-corrected chi connectivity index (χ0v) is 19.3. The topological polar surface area (TPSA) is 64.5 Å². The van der Waals surface area contributed by atoms with E-state index in [2.05, 4.69) is 24.9 Å². The maximum Gasteiger partial charge on any atom is 0.264 e. The second-order valence-electron chi connectivity index (χ2n) is 7.64. The highest BCUT2D eigenvalue weighted by Crippen LogP contribution is 2.37. The maximum atomic E-state index is 13.8. The maximum absolute atomic E-state index is 13.8. The van der Waals surface area contributed by atoms with Crippen LogP contribution in [0.4, 0.5) is 5.13 Å². The van der Waals surface area contributed by atoms with Gasteiger partial charge in [-0.2, -0.15) is 0 Å². The second kappa shape index (κ2) is 9.36. The molecule has 0 unspecified atom stereocenters. The van der Waals surface area contributed by atoms with E-state index in [0.717, 1.165) is 21.3 Å². The summed E-state index contributed by atoms with van der Waals surface area (Å²) in [6.07, 6.45) is 3.48. The van der Waals surface area contributed by atoms with Gasteiger partial charge in [0, 0.05) is 12.4 Å². The van der Waals surface area contributed by atoms with E-state index >= 15 is 0 Å². The Morgan fingerprint density at radius 1 is 1.06 bits per heavy atom. The van der Waals surface area contributed by atoms with Gasteiger partial charge in [-0.1, -0.05) is 49.4 Å². The Balaban J connectivity index is 1.84. The van der Waals surface area contributed by atoms with Crippen LogP contribution in [-0.2, 0) is 6.54 Å². The van der Waals surface area contributed by atoms with Crippen LogP contribution in [0.1, 0.15) is 41.3 Å². The number of nitrogens with zero attached hydrogens (tertiary/aromatic N) is 3. The van der Waals surface area contributed by atoms with Crippen molar-refractivity contribution in [1.29, 1.82) is 0 Å². The van der Waals surface area contributed by atoms with Crippen molar-refractivity contribution < 1.29 is 14.3 Å². The third kappa shape index (κ3) is 4.16. The molecule has 0 aliphatic carbocycles. The van der Waals surface area contributed by atoms with Crippen LogP contribution in [0.3, 0.4) is 0 Å². The number of benzene rings is 2. The fourth-order valence-corrected chi connectivity index (χ4v) is 4.64. The van der Waals surface area contributed by atoms with E-state index in [4.69, 9.17) is 14.5 Å². The number of thiazole rings is 1. The van der Waals surface area contributed by atoms with E-state index < -0.39 is 0 Å². The molecular weight excluding hydrogens is 422 g/mol. The normalized spacial score (nSPS) is 11.0. The number of carbonyl (C=O) groups excluding carboxylic acids is 1. The molecule has 0 atom stereocenters. The van der Waals surface area contributed by atoms with Crippen molar-refractivity contribution in [3.05, 3.63) is 77.6 Å². The Kier molecular flexibility index (Phi) is 6.37. The zero-order chi connectivity index (χ0) is 22.7. The molecule has 0 saturated heterocycles. The highest BCUT2D eigenvalue weighted by atomic mass is 32.1. The molecule has 0 fully saturated rings. The zero-order valence-electron chi connectivity index (χ0n) is 18.5. The lowest BCUT2D eigenvalue weighted by Gasteiger charge is -2.21. The lowest BCUT2D eigenvalue weighted by molar-refractivity contribution is 0.0981. The van der Waals surface area contributed by atoms with E-state index in [1.165, 1.54) is 18.4 Å². The molecule has 2 aromatic carbocycles. The van der Waals surface area contributed by atoms with Gasteiger partial charge in [-0.05, 0) is 41.3 Å². The van der Waals surface area contributed by atoms with Crippen molar-refractivity contribution >= 4 is 32.6 Å². The highest BCUT2D eigenvalue weighted by Gasteiger charge is 2.26. The van der Waals surface area contributed by atoms with E-state index in [1.54, 1.807) is 42.6 Å². The number of hydrogen-bond acceptors (Lipinski definition) is 6. The summed E-state index contributed by atoms with van der Waals surface area (Å²) in [4.78, 5) is 24.6. The summed E-state index contributed by atoms with van der Waals surface area (Å²) in [5.74, 6) is 1.02. The molecule has 2 aromatic heterocycles. The van der Waals surface area contributed by atoms with Crippen LogP contribution in [0.25, 0.3) is 10.2 Å². The Hall–Kier alpha value is -3.45. The molecule has 0 spiro atoms. The summed E-state index contributed by atoms with van der Waals surface area (Å²) in [7, 11) is 3.09. The van der Waals surface area contributed by atoms with Gasteiger partial charge in [-0.3, -0.25) is 14.7 Å². The molecule has 1 amide bonds. The predicted molar refractivity (Wildman–Crippen MR) is 128 cm³/mol. The van der Waals surface area contributed by atoms with Gasteiger partial charge in [-0.15, -0.1) is 0 Å². The number of pyridine rings is 1. The van der Waals surface area contributed by atoms with Crippen molar-refractivity contribution in [3.8, 4) is 11.5 Å². The number of aromatic nitrogens is 2. The molecule has 0 N–H and O–H groups in total. The summed E-state index contributed by atoms with van der Waals surface area (Å²) in [5.41, 5.74) is 3.42. The van der Waals surface area contributed by atoms with E-state index in [1.807, 2.05) is 24.3 Å². The monoisotopic (exact) mass is 447 g/mol. The van der Waals surface area contributed by atoms with Gasteiger partial charge in [0.15, 0.2) is 16.6 Å². The van der Waals surface area contributed by atoms with Gasteiger partial charge in [0.2, 0.25) is 0 Å². The summed E-state index contributed by atoms with van der Waals surface area (Å²) in [5, 5.41) is 0.631. The number of amides is 1.